The molecule has 136 valence electrons. The fraction of sp³-hybridized carbons (Fsp3) is 0.611. The molecule has 1 unspecified atom stereocenters. The number of ether oxygens (including phenoxy) is 2. The Hall–Kier alpha value is -1.30. The average molecular weight is 357 g/mol. The molecule has 1 heterocycles. The zero-order chi connectivity index (χ0) is 16.9. The van der Waals surface area contributed by atoms with E-state index in [1.807, 2.05) is 31.2 Å². The Balaban J connectivity index is 0.00000288. The van der Waals surface area contributed by atoms with Crippen molar-refractivity contribution in [1.82, 2.24) is 5.32 Å². The number of carbonyl (C=O) groups excluding carboxylic acids is 1. The molecule has 1 aliphatic heterocycles. The van der Waals surface area contributed by atoms with E-state index in [4.69, 9.17) is 15.2 Å². The van der Waals surface area contributed by atoms with Crippen LogP contribution in [-0.4, -0.2) is 31.3 Å². The van der Waals surface area contributed by atoms with Crippen LogP contribution in [0.3, 0.4) is 0 Å². The van der Waals surface area contributed by atoms with E-state index in [-0.39, 0.29) is 24.4 Å². The minimum atomic E-state index is -0.813. The first kappa shape index (κ1) is 20.7. The number of nitrogens with one attached hydrogen (secondary N) is 1. The van der Waals surface area contributed by atoms with Crippen LogP contribution in [-0.2, 0) is 9.53 Å². The van der Waals surface area contributed by atoms with Gasteiger partial charge in [0, 0.05) is 13.2 Å². The summed E-state index contributed by atoms with van der Waals surface area (Å²) in [6.45, 7) is 7.98. The summed E-state index contributed by atoms with van der Waals surface area (Å²) in [5, 5.41) is 3.02. The molecule has 24 heavy (non-hydrogen) atoms. The SMILES string of the molecule is CC(C)COc1ccc(C(C)NC(=O)C2(N)CCOCC2)cc1.Cl. The van der Waals surface area contributed by atoms with Gasteiger partial charge < -0.3 is 20.5 Å². The lowest BCUT2D eigenvalue weighted by Gasteiger charge is -2.33. The Kier molecular flexibility index (Phi) is 8.00. The first-order valence-electron chi connectivity index (χ1n) is 8.31. The highest BCUT2D eigenvalue weighted by atomic mass is 35.5. The lowest BCUT2D eigenvalue weighted by molar-refractivity contribution is -0.130. The van der Waals surface area contributed by atoms with Crippen LogP contribution in [0.5, 0.6) is 5.75 Å². The number of rotatable bonds is 6. The van der Waals surface area contributed by atoms with Gasteiger partial charge in [-0.1, -0.05) is 26.0 Å². The normalized spacial score (nSPS) is 17.7. The van der Waals surface area contributed by atoms with E-state index in [1.54, 1.807) is 0 Å². The molecule has 2 rings (SSSR count). The molecule has 1 aliphatic rings. The van der Waals surface area contributed by atoms with Crippen molar-refractivity contribution in [1.29, 1.82) is 0 Å². The molecular weight excluding hydrogens is 328 g/mol. The Labute approximate surface area is 150 Å². The van der Waals surface area contributed by atoms with Crippen molar-refractivity contribution < 1.29 is 14.3 Å². The molecule has 5 nitrogen and oxygen atoms in total. The van der Waals surface area contributed by atoms with E-state index in [0.717, 1.165) is 11.3 Å². The zero-order valence-electron chi connectivity index (χ0n) is 14.7. The summed E-state index contributed by atoms with van der Waals surface area (Å²) in [4.78, 5) is 12.4. The first-order valence-corrected chi connectivity index (χ1v) is 8.31. The van der Waals surface area contributed by atoms with Crippen molar-refractivity contribution in [3.05, 3.63) is 29.8 Å². The molecule has 0 saturated carbocycles. The minimum absolute atomic E-state index is 0. The minimum Gasteiger partial charge on any atom is -0.493 e. The van der Waals surface area contributed by atoms with Crippen LogP contribution in [0.1, 0.15) is 45.2 Å². The van der Waals surface area contributed by atoms with Gasteiger partial charge in [0.15, 0.2) is 0 Å². The smallest absolute Gasteiger partial charge is 0.240 e. The Morgan fingerprint density at radius 2 is 1.83 bits per heavy atom. The van der Waals surface area contributed by atoms with Gasteiger partial charge in [0.05, 0.1) is 18.2 Å². The summed E-state index contributed by atoms with van der Waals surface area (Å²) in [7, 11) is 0. The van der Waals surface area contributed by atoms with Crippen molar-refractivity contribution >= 4 is 18.3 Å². The molecule has 0 aliphatic carbocycles. The van der Waals surface area contributed by atoms with Gasteiger partial charge in [-0.25, -0.2) is 0 Å². The van der Waals surface area contributed by atoms with Gasteiger partial charge >= 0.3 is 0 Å². The van der Waals surface area contributed by atoms with Crippen molar-refractivity contribution in [2.24, 2.45) is 11.7 Å². The number of hydrogen-bond acceptors (Lipinski definition) is 4. The van der Waals surface area contributed by atoms with Crippen molar-refractivity contribution in [2.45, 2.75) is 45.2 Å². The Morgan fingerprint density at radius 1 is 1.25 bits per heavy atom. The zero-order valence-corrected chi connectivity index (χ0v) is 15.5. The highest BCUT2D eigenvalue weighted by Gasteiger charge is 2.36. The molecule has 1 amide bonds. The number of hydrogen-bond donors (Lipinski definition) is 2. The standard InChI is InChI=1S/C18H28N2O3.ClH/c1-13(2)12-23-16-6-4-15(5-7-16)14(3)20-17(21)18(19)8-10-22-11-9-18;/h4-7,13-14H,8-12,19H2,1-3H3,(H,20,21);1H. The maximum Gasteiger partial charge on any atom is 0.240 e. The van der Waals surface area contributed by atoms with E-state index in [1.165, 1.54) is 0 Å². The Bertz CT molecular complexity index is 514. The van der Waals surface area contributed by atoms with E-state index < -0.39 is 5.54 Å². The van der Waals surface area contributed by atoms with Gasteiger partial charge in [0.2, 0.25) is 5.91 Å². The largest absolute Gasteiger partial charge is 0.493 e. The van der Waals surface area contributed by atoms with Crippen molar-refractivity contribution in [3.8, 4) is 5.75 Å². The molecule has 1 fully saturated rings. The van der Waals surface area contributed by atoms with Crippen LogP contribution in [0, 0.1) is 5.92 Å². The number of carbonyl (C=O) groups is 1. The summed E-state index contributed by atoms with van der Waals surface area (Å²) in [6.07, 6.45) is 1.13. The molecule has 0 radical (unpaired) electrons. The van der Waals surface area contributed by atoms with Gasteiger partial charge in [-0.15, -0.1) is 12.4 Å². The molecule has 1 saturated heterocycles. The van der Waals surface area contributed by atoms with E-state index in [2.05, 4.69) is 19.2 Å². The number of benzene rings is 1. The average Bonchev–Trinajstić information content (AvgIpc) is 2.54. The van der Waals surface area contributed by atoms with Gasteiger partial charge in [-0.3, -0.25) is 4.79 Å². The van der Waals surface area contributed by atoms with Crippen LogP contribution in [0.15, 0.2) is 24.3 Å². The summed E-state index contributed by atoms with van der Waals surface area (Å²) in [5.74, 6) is 1.24. The highest BCUT2D eigenvalue weighted by molar-refractivity contribution is 5.86. The van der Waals surface area contributed by atoms with Gasteiger partial charge in [0.1, 0.15) is 5.75 Å². The molecular formula is C18H29ClN2O3. The molecule has 0 spiro atoms. The van der Waals surface area contributed by atoms with Crippen LogP contribution in [0.25, 0.3) is 0 Å². The summed E-state index contributed by atoms with van der Waals surface area (Å²) in [5.41, 5.74) is 6.43. The van der Waals surface area contributed by atoms with Crippen molar-refractivity contribution in [2.75, 3.05) is 19.8 Å². The maximum absolute atomic E-state index is 12.4. The second-order valence-electron chi connectivity index (χ2n) is 6.74. The quantitative estimate of drug-likeness (QED) is 0.822. The molecule has 6 heteroatoms. The van der Waals surface area contributed by atoms with Crippen LogP contribution in [0.4, 0.5) is 0 Å². The lowest BCUT2D eigenvalue weighted by atomic mass is 9.90. The third-order valence-corrected chi connectivity index (χ3v) is 4.15. The molecule has 0 bridgehead atoms. The summed E-state index contributed by atoms with van der Waals surface area (Å²) < 4.78 is 11.0. The second-order valence-corrected chi connectivity index (χ2v) is 6.74. The number of amides is 1. The molecule has 1 aromatic carbocycles. The van der Waals surface area contributed by atoms with Crippen LogP contribution in [0.2, 0.25) is 0 Å². The lowest BCUT2D eigenvalue weighted by Crippen LogP contribution is -2.57. The second kappa shape index (κ2) is 9.25. The fourth-order valence-corrected chi connectivity index (χ4v) is 2.50. The number of nitrogens with two attached hydrogens (primary N) is 1. The molecule has 3 N–H and O–H groups in total. The maximum atomic E-state index is 12.4. The van der Waals surface area contributed by atoms with E-state index >= 15 is 0 Å². The van der Waals surface area contributed by atoms with Crippen LogP contribution < -0.4 is 15.8 Å². The third-order valence-electron chi connectivity index (χ3n) is 4.15. The first-order chi connectivity index (χ1) is 10.9. The summed E-state index contributed by atoms with van der Waals surface area (Å²) >= 11 is 0. The predicted octanol–water partition coefficient (Wildman–Crippen LogP) is 2.83. The molecule has 0 aromatic heterocycles. The van der Waals surface area contributed by atoms with Gasteiger partial charge in [-0.2, -0.15) is 0 Å². The van der Waals surface area contributed by atoms with E-state index in [9.17, 15) is 4.79 Å². The molecule has 1 aromatic rings. The van der Waals surface area contributed by atoms with Crippen molar-refractivity contribution in [3.63, 3.8) is 0 Å². The third kappa shape index (κ3) is 5.65. The summed E-state index contributed by atoms with van der Waals surface area (Å²) in [6, 6.07) is 7.74. The fourth-order valence-electron chi connectivity index (χ4n) is 2.50. The number of halogens is 1. The molecule has 1 atom stereocenters. The highest BCUT2D eigenvalue weighted by Crippen LogP contribution is 2.22. The van der Waals surface area contributed by atoms with Crippen LogP contribution >= 0.6 is 12.4 Å². The topological polar surface area (TPSA) is 73.6 Å². The van der Waals surface area contributed by atoms with Gasteiger partial charge in [0.25, 0.3) is 0 Å². The van der Waals surface area contributed by atoms with E-state index in [0.29, 0.717) is 38.6 Å². The predicted molar refractivity (Wildman–Crippen MR) is 97.6 cm³/mol. The monoisotopic (exact) mass is 356 g/mol. The Morgan fingerprint density at radius 3 is 2.38 bits per heavy atom. The van der Waals surface area contributed by atoms with Gasteiger partial charge in [-0.05, 0) is 43.4 Å².